The first-order chi connectivity index (χ1) is 16.6. The van der Waals surface area contributed by atoms with Crippen LogP contribution in [-0.4, -0.2) is 50.6 Å². The molecule has 5 aliphatic carbocycles. The fraction of sp³-hybridized carbons (Fsp3) is 0.692. The van der Waals surface area contributed by atoms with Crippen LogP contribution in [0.4, 0.5) is 9.18 Å². The van der Waals surface area contributed by atoms with Crippen LogP contribution in [0.5, 0.6) is 0 Å². The smallest absolute Gasteiger partial charge is 0.317 e. The second kappa shape index (κ2) is 8.18. The lowest BCUT2D eigenvalue weighted by Crippen LogP contribution is -2.59. The van der Waals surface area contributed by atoms with Crippen molar-refractivity contribution in [2.45, 2.75) is 68.7 Å². The molecule has 5 fully saturated rings. The summed E-state index contributed by atoms with van der Waals surface area (Å²) in [5.74, 6) is 1.23. The van der Waals surface area contributed by atoms with Gasteiger partial charge in [0.2, 0.25) is 15.9 Å². The fourth-order valence-corrected chi connectivity index (χ4v) is 8.98. The number of urea groups is 1. The number of hydrogen-bond acceptors (Lipinski definition) is 4. The molecule has 3 amide bonds. The summed E-state index contributed by atoms with van der Waals surface area (Å²) in [4.78, 5) is 27.9. The molecule has 1 unspecified atom stereocenters. The molecule has 7 nitrogen and oxygen atoms in total. The van der Waals surface area contributed by atoms with Crippen LogP contribution in [0, 0.1) is 29.5 Å². The van der Waals surface area contributed by atoms with Crippen LogP contribution >= 0.6 is 0 Å². The van der Waals surface area contributed by atoms with Crippen LogP contribution in [0.3, 0.4) is 0 Å². The number of amides is 3. The summed E-state index contributed by atoms with van der Waals surface area (Å²) in [6.07, 6.45) is 8.77. The molecule has 1 aliphatic heterocycles. The highest BCUT2D eigenvalue weighted by molar-refractivity contribution is 7.89. The predicted molar refractivity (Wildman–Crippen MR) is 129 cm³/mol. The molecule has 1 spiro atoms. The van der Waals surface area contributed by atoms with E-state index in [-0.39, 0.29) is 17.9 Å². The third-order valence-corrected chi connectivity index (χ3v) is 10.2. The summed E-state index contributed by atoms with van der Waals surface area (Å²) >= 11 is 0. The molecular formula is C26H34FN3O4S. The van der Waals surface area contributed by atoms with Crippen molar-refractivity contribution < 1.29 is 22.4 Å². The van der Waals surface area contributed by atoms with Crippen molar-refractivity contribution in [1.82, 2.24) is 14.9 Å². The summed E-state index contributed by atoms with van der Waals surface area (Å²) in [5, 5.41) is 3.38. The minimum atomic E-state index is -3.71. The molecule has 1 saturated heterocycles. The lowest BCUT2D eigenvalue weighted by molar-refractivity contribution is -0.121. The molecule has 190 valence electrons. The van der Waals surface area contributed by atoms with E-state index in [0.717, 1.165) is 18.1 Å². The first-order valence-electron chi connectivity index (χ1n) is 13.0. The second-order valence-electron chi connectivity index (χ2n) is 11.9. The largest absolute Gasteiger partial charge is 0.335 e. The van der Waals surface area contributed by atoms with Gasteiger partial charge in [-0.3, -0.25) is 9.52 Å². The minimum Gasteiger partial charge on any atom is -0.335 e. The van der Waals surface area contributed by atoms with Gasteiger partial charge in [-0.05, 0) is 92.2 Å². The predicted octanol–water partition coefficient (Wildman–Crippen LogP) is 3.26. The van der Waals surface area contributed by atoms with E-state index >= 15 is 4.39 Å². The van der Waals surface area contributed by atoms with E-state index in [9.17, 15) is 18.0 Å². The molecule has 35 heavy (non-hydrogen) atoms. The maximum Gasteiger partial charge on any atom is 0.317 e. The van der Waals surface area contributed by atoms with Crippen LogP contribution < -0.4 is 10.0 Å². The number of nitrogens with one attached hydrogen (secondary N) is 2. The molecule has 2 N–H and O–H groups in total. The number of benzene rings is 1. The van der Waals surface area contributed by atoms with Gasteiger partial charge < -0.3 is 10.2 Å². The molecule has 1 aromatic carbocycles. The Morgan fingerprint density at radius 2 is 1.66 bits per heavy atom. The Kier molecular flexibility index (Phi) is 5.44. The van der Waals surface area contributed by atoms with Gasteiger partial charge in [-0.2, -0.15) is 0 Å². The Bertz CT molecular complexity index is 1130. The molecule has 4 bridgehead atoms. The maximum absolute atomic E-state index is 15.1. The van der Waals surface area contributed by atoms with Gasteiger partial charge in [-0.1, -0.05) is 12.1 Å². The SMILES string of the molecule is CS(=O)(=O)NC(=O)C1CC2(CCN(C(=O)NC3C4CC5CC(C4)CC3C5)CC2)c2c(F)cccc21. The van der Waals surface area contributed by atoms with Gasteiger partial charge in [0.1, 0.15) is 5.82 Å². The standard InChI is InChI=1S/C26H34FN3O4S/c1-35(33,34)29-24(31)20-14-26(22-19(20)3-2-4-21(22)27)5-7-30(8-6-26)25(32)28-23-17-10-15-9-16(12-17)13-18(23)11-15/h2-4,15-18,20,23H,5-14H2,1H3,(H,28,32)(H,29,31). The molecule has 0 radical (unpaired) electrons. The number of likely N-dealkylation sites (tertiary alicyclic amines) is 1. The Morgan fingerprint density at radius 1 is 1.03 bits per heavy atom. The van der Waals surface area contributed by atoms with Crippen molar-refractivity contribution >= 4 is 22.0 Å². The summed E-state index contributed by atoms with van der Waals surface area (Å²) in [7, 11) is -3.71. The quantitative estimate of drug-likeness (QED) is 0.662. The molecule has 4 saturated carbocycles. The van der Waals surface area contributed by atoms with Crippen molar-refractivity contribution in [3.05, 3.63) is 35.1 Å². The van der Waals surface area contributed by atoms with Gasteiger partial charge in [-0.25, -0.2) is 17.6 Å². The summed E-state index contributed by atoms with van der Waals surface area (Å²) in [6.45, 7) is 0.987. The average Bonchev–Trinajstić information content (AvgIpc) is 3.10. The van der Waals surface area contributed by atoms with Crippen LogP contribution in [-0.2, 0) is 20.2 Å². The van der Waals surface area contributed by atoms with Gasteiger partial charge in [0.15, 0.2) is 0 Å². The van der Waals surface area contributed by atoms with Crippen LogP contribution in [0.1, 0.15) is 68.4 Å². The number of halogens is 1. The monoisotopic (exact) mass is 503 g/mol. The molecule has 1 aromatic rings. The van der Waals surface area contributed by atoms with Gasteiger partial charge in [-0.15, -0.1) is 0 Å². The average molecular weight is 504 g/mol. The number of piperidine rings is 1. The lowest BCUT2D eigenvalue weighted by atomic mass is 9.54. The van der Waals surface area contributed by atoms with Crippen molar-refractivity contribution in [2.75, 3.05) is 19.3 Å². The third-order valence-electron chi connectivity index (χ3n) is 9.67. The number of carbonyl (C=O) groups is 2. The Morgan fingerprint density at radius 3 is 2.26 bits per heavy atom. The van der Waals surface area contributed by atoms with Crippen LogP contribution in [0.2, 0.25) is 0 Å². The fourth-order valence-electron chi connectivity index (χ4n) is 8.47. The van der Waals surface area contributed by atoms with Gasteiger partial charge in [0, 0.05) is 24.5 Å². The summed E-state index contributed by atoms with van der Waals surface area (Å²) in [5.41, 5.74) is 0.520. The highest BCUT2D eigenvalue weighted by Crippen LogP contribution is 2.54. The third kappa shape index (κ3) is 4.03. The van der Waals surface area contributed by atoms with E-state index in [4.69, 9.17) is 0 Å². The molecule has 9 heteroatoms. The van der Waals surface area contributed by atoms with Gasteiger partial charge >= 0.3 is 6.03 Å². The first kappa shape index (κ1) is 23.3. The topological polar surface area (TPSA) is 95.6 Å². The zero-order valence-corrected chi connectivity index (χ0v) is 21.0. The number of carbonyl (C=O) groups excluding carboxylic acids is 2. The van der Waals surface area contributed by atoms with Gasteiger partial charge in [0.25, 0.3) is 0 Å². The molecule has 1 heterocycles. The van der Waals surface area contributed by atoms with Crippen molar-refractivity contribution in [1.29, 1.82) is 0 Å². The molecule has 1 atom stereocenters. The minimum absolute atomic E-state index is 0.0181. The van der Waals surface area contributed by atoms with E-state index in [1.165, 1.54) is 38.2 Å². The normalized spacial score (nSPS) is 34.6. The van der Waals surface area contributed by atoms with Crippen molar-refractivity contribution in [3.63, 3.8) is 0 Å². The van der Waals surface area contributed by atoms with Crippen molar-refractivity contribution in [3.8, 4) is 0 Å². The Hall–Kier alpha value is -2.16. The number of rotatable bonds is 3. The zero-order valence-electron chi connectivity index (χ0n) is 20.1. The molecular weight excluding hydrogens is 469 g/mol. The summed E-state index contributed by atoms with van der Waals surface area (Å²) in [6, 6.07) is 4.96. The molecule has 7 rings (SSSR count). The highest BCUT2D eigenvalue weighted by Gasteiger charge is 2.51. The molecule has 0 aromatic heterocycles. The van der Waals surface area contributed by atoms with E-state index in [1.54, 1.807) is 12.1 Å². The number of sulfonamides is 1. The number of hydrogen-bond donors (Lipinski definition) is 2. The highest BCUT2D eigenvalue weighted by atomic mass is 32.2. The van der Waals surface area contributed by atoms with Crippen LogP contribution in [0.25, 0.3) is 0 Å². The van der Waals surface area contributed by atoms with E-state index in [2.05, 4.69) is 10.0 Å². The van der Waals surface area contributed by atoms with E-state index in [1.807, 2.05) is 4.90 Å². The van der Waals surface area contributed by atoms with E-state index < -0.39 is 27.3 Å². The zero-order chi connectivity index (χ0) is 24.5. The van der Waals surface area contributed by atoms with E-state index in [0.29, 0.717) is 55.3 Å². The van der Waals surface area contributed by atoms with Crippen molar-refractivity contribution in [2.24, 2.45) is 23.7 Å². The van der Waals surface area contributed by atoms with Gasteiger partial charge in [0.05, 0.1) is 12.2 Å². The Balaban J connectivity index is 1.16. The summed E-state index contributed by atoms with van der Waals surface area (Å²) < 4.78 is 40.5. The molecule has 6 aliphatic rings. The Labute approximate surface area is 206 Å². The van der Waals surface area contributed by atoms with Crippen LogP contribution in [0.15, 0.2) is 18.2 Å². The second-order valence-corrected chi connectivity index (χ2v) is 13.6. The number of nitrogens with zero attached hydrogens (tertiary/aromatic N) is 1. The maximum atomic E-state index is 15.1. The lowest BCUT2D eigenvalue weighted by Gasteiger charge is -2.54. The number of fused-ring (bicyclic) bond motifs is 2. The first-order valence-corrected chi connectivity index (χ1v) is 14.9.